The maximum absolute atomic E-state index is 12.6. The number of benzene rings is 2. The Morgan fingerprint density at radius 3 is 2.04 bits per heavy atom. The van der Waals surface area contributed by atoms with E-state index in [1.54, 1.807) is 0 Å². The van der Waals surface area contributed by atoms with Crippen LogP contribution in [0.15, 0.2) is 33.7 Å². The molecule has 2 N–H and O–H groups in total. The normalized spacial score (nSPS) is 11.1. The molecule has 23 heavy (non-hydrogen) atoms. The summed E-state index contributed by atoms with van der Waals surface area (Å²) in [5.74, 6) is -0.647. The quantitative estimate of drug-likeness (QED) is 0.575. The fraction of sp³-hybridized carbons (Fsp3) is 0. The van der Waals surface area contributed by atoms with E-state index in [1.807, 2.05) is 0 Å². The first-order valence-electron chi connectivity index (χ1n) is 6.12. The lowest BCUT2D eigenvalue weighted by Gasteiger charge is -2.08. The molecule has 0 aliphatic rings. The highest BCUT2D eigenvalue weighted by molar-refractivity contribution is 6.40. The van der Waals surface area contributed by atoms with Gasteiger partial charge in [-0.2, -0.15) is 0 Å². The summed E-state index contributed by atoms with van der Waals surface area (Å²) in [5.41, 5.74) is 0.0825. The molecule has 0 aliphatic carbocycles. The minimum absolute atomic E-state index is 0.00577. The summed E-state index contributed by atoms with van der Waals surface area (Å²) < 4.78 is 5.36. The third kappa shape index (κ3) is 2.62. The molecule has 0 atom stereocenters. The molecule has 0 saturated heterocycles. The van der Waals surface area contributed by atoms with Crippen LogP contribution < -0.4 is 5.43 Å². The van der Waals surface area contributed by atoms with E-state index in [4.69, 9.17) is 50.8 Å². The molecule has 4 nitrogen and oxygen atoms in total. The lowest BCUT2D eigenvalue weighted by atomic mass is 10.1. The van der Waals surface area contributed by atoms with Crippen molar-refractivity contribution in [2.24, 2.45) is 0 Å². The van der Waals surface area contributed by atoms with Gasteiger partial charge in [-0.3, -0.25) is 4.79 Å². The van der Waals surface area contributed by atoms with E-state index in [0.717, 1.165) is 0 Å². The summed E-state index contributed by atoms with van der Waals surface area (Å²) in [4.78, 5) is 12.6. The molecule has 0 aliphatic heterocycles. The number of fused-ring (bicyclic) bond motifs is 1. The minimum atomic E-state index is -0.437. The summed E-state index contributed by atoms with van der Waals surface area (Å²) in [6.45, 7) is 0. The number of phenols is 2. The van der Waals surface area contributed by atoms with E-state index in [0.29, 0.717) is 5.56 Å². The van der Waals surface area contributed by atoms with Gasteiger partial charge in [0.2, 0.25) is 5.43 Å². The number of rotatable bonds is 1. The Morgan fingerprint density at radius 2 is 1.43 bits per heavy atom. The Balaban J connectivity index is 2.35. The van der Waals surface area contributed by atoms with Gasteiger partial charge in [-0.05, 0) is 23.8 Å². The van der Waals surface area contributed by atoms with Crippen LogP contribution in [0.3, 0.4) is 0 Å². The van der Waals surface area contributed by atoms with Gasteiger partial charge in [-0.25, -0.2) is 0 Å². The topological polar surface area (TPSA) is 70.7 Å². The molecule has 118 valence electrons. The van der Waals surface area contributed by atoms with Crippen LogP contribution in [0, 0.1) is 0 Å². The van der Waals surface area contributed by atoms with Crippen LogP contribution in [-0.2, 0) is 0 Å². The van der Waals surface area contributed by atoms with Crippen LogP contribution in [0.2, 0.25) is 20.1 Å². The molecule has 0 amide bonds. The molecule has 8 heteroatoms. The smallest absolute Gasteiger partial charge is 0.200 e. The first-order valence-corrected chi connectivity index (χ1v) is 7.63. The van der Waals surface area contributed by atoms with E-state index in [9.17, 15) is 15.0 Å². The van der Waals surface area contributed by atoms with E-state index in [1.165, 1.54) is 24.5 Å². The standard InChI is InChI=1S/C15H6Cl4O4/c16-8-1-5(2-9(17)13(8)21)7-4-23-15-6(12(7)20)3-10(18)14(22)11(15)19/h1-4,21-22H. The zero-order valence-corrected chi connectivity index (χ0v) is 14.1. The zero-order valence-electron chi connectivity index (χ0n) is 11.0. The molecule has 0 fully saturated rings. The second-order valence-corrected chi connectivity index (χ2v) is 6.26. The fourth-order valence-electron chi connectivity index (χ4n) is 2.11. The Hall–Kier alpha value is -1.59. The maximum atomic E-state index is 12.6. The van der Waals surface area contributed by atoms with E-state index in [2.05, 4.69) is 0 Å². The average Bonchev–Trinajstić information content (AvgIpc) is 2.51. The lowest BCUT2D eigenvalue weighted by Crippen LogP contribution is -2.05. The third-order valence-corrected chi connectivity index (χ3v) is 4.48. The largest absolute Gasteiger partial charge is 0.505 e. The van der Waals surface area contributed by atoms with Crippen molar-refractivity contribution < 1.29 is 14.6 Å². The SMILES string of the molecule is O=c1c(-c2cc(Cl)c(O)c(Cl)c2)coc2c(Cl)c(O)c(Cl)cc12. The molecule has 3 rings (SSSR count). The van der Waals surface area contributed by atoms with Gasteiger partial charge in [-0.15, -0.1) is 0 Å². The highest BCUT2D eigenvalue weighted by Gasteiger charge is 2.18. The molecule has 3 aromatic rings. The molecule has 0 saturated carbocycles. The Kier molecular flexibility index (Phi) is 4.10. The van der Waals surface area contributed by atoms with Crippen molar-refractivity contribution in [3.05, 3.63) is 54.8 Å². The molecule has 1 aromatic heterocycles. The number of aromatic hydroxyl groups is 2. The molecule has 0 radical (unpaired) electrons. The van der Waals surface area contributed by atoms with Crippen molar-refractivity contribution in [2.75, 3.05) is 0 Å². The van der Waals surface area contributed by atoms with Crippen molar-refractivity contribution in [1.29, 1.82) is 0 Å². The van der Waals surface area contributed by atoms with Gasteiger partial charge in [0.25, 0.3) is 0 Å². The van der Waals surface area contributed by atoms with Gasteiger partial charge in [0.05, 0.1) is 26.0 Å². The lowest BCUT2D eigenvalue weighted by molar-refractivity contribution is 0.474. The first-order chi connectivity index (χ1) is 10.8. The number of halogens is 4. The van der Waals surface area contributed by atoms with Gasteiger partial charge >= 0.3 is 0 Å². The van der Waals surface area contributed by atoms with Gasteiger partial charge in [0.15, 0.2) is 17.1 Å². The predicted molar refractivity (Wildman–Crippen MR) is 91.3 cm³/mol. The molecule has 1 heterocycles. The Morgan fingerprint density at radius 1 is 0.870 bits per heavy atom. The second-order valence-electron chi connectivity index (χ2n) is 4.66. The van der Waals surface area contributed by atoms with Crippen molar-refractivity contribution in [3.63, 3.8) is 0 Å². The van der Waals surface area contributed by atoms with Crippen LogP contribution in [0.4, 0.5) is 0 Å². The van der Waals surface area contributed by atoms with Gasteiger partial charge in [-0.1, -0.05) is 46.4 Å². The molecule has 0 bridgehead atoms. The minimum Gasteiger partial charge on any atom is -0.505 e. The molecular weight excluding hydrogens is 386 g/mol. The highest BCUT2D eigenvalue weighted by atomic mass is 35.5. The average molecular weight is 392 g/mol. The molecule has 2 aromatic carbocycles. The predicted octanol–water partition coefficient (Wildman–Crippen LogP) is 5.48. The van der Waals surface area contributed by atoms with E-state index < -0.39 is 5.43 Å². The Labute approximate surface area is 149 Å². The van der Waals surface area contributed by atoms with Crippen molar-refractivity contribution in [2.45, 2.75) is 0 Å². The fourth-order valence-corrected chi connectivity index (χ4v) is 3.10. The summed E-state index contributed by atoms with van der Waals surface area (Å²) in [7, 11) is 0. The van der Waals surface area contributed by atoms with Crippen LogP contribution in [0.25, 0.3) is 22.1 Å². The van der Waals surface area contributed by atoms with Gasteiger partial charge in [0.1, 0.15) is 11.3 Å². The van der Waals surface area contributed by atoms with Crippen LogP contribution in [-0.4, -0.2) is 10.2 Å². The summed E-state index contributed by atoms with van der Waals surface area (Å²) in [6.07, 6.45) is 1.17. The Bertz CT molecular complexity index is 988. The summed E-state index contributed by atoms with van der Waals surface area (Å²) in [6, 6.07) is 4.02. The second kappa shape index (κ2) is 5.80. The zero-order chi connectivity index (χ0) is 16.9. The van der Waals surface area contributed by atoms with Gasteiger partial charge < -0.3 is 14.6 Å². The number of phenolic OH excluding ortho intramolecular Hbond substituents is 2. The number of hydrogen-bond acceptors (Lipinski definition) is 4. The third-order valence-electron chi connectivity index (χ3n) is 3.26. The van der Waals surface area contributed by atoms with Crippen LogP contribution in [0.5, 0.6) is 11.5 Å². The highest BCUT2D eigenvalue weighted by Crippen LogP contribution is 2.39. The monoisotopic (exact) mass is 390 g/mol. The molecule has 0 unspecified atom stereocenters. The maximum Gasteiger partial charge on any atom is 0.200 e. The number of hydrogen-bond donors (Lipinski definition) is 2. The first kappa shape index (κ1) is 16.3. The van der Waals surface area contributed by atoms with Gasteiger partial charge in [0, 0.05) is 0 Å². The van der Waals surface area contributed by atoms with Crippen LogP contribution >= 0.6 is 46.4 Å². The van der Waals surface area contributed by atoms with Crippen LogP contribution in [0.1, 0.15) is 0 Å². The summed E-state index contributed by atoms with van der Waals surface area (Å²) in [5, 5.41) is 19.1. The van der Waals surface area contributed by atoms with Crippen molar-refractivity contribution >= 4 is 57.4 Å². The molecular formula is C15H6Cl4O4. The summed E-state index contributed by atoms with van der Waals surface area (Å²) >= 11 is 23.5. The van der Waals surface area contributed by atoms with E-state index in [-0.39, 0.29) is 48.1 Å². The molecule has 0 spiro atoms. The van der Waals surface area contributed by atoms with Crippen molar-refractivity contribution in [3.8, 4) is 22.6 Å². The van der Waals surface area contributed by atoms with E-state index >= 15 is 0 Å². The van der Waals surface area contributed by atoms with Crippen molar-refractivity contribution in [1.82, 2.24) is 0 Å².